The van der Waals surface area contributed by atoms with E-state index in [0.717, 1.165) is 10.0 Å². The zero-order chi connectivity index (χ0) is 8.97. The SMILES string of the molecule is Cl.N[C@@H](CCO)c1ccc(Br)cc1. The molecule has 1 atom stereocenters. The molecule has 0 saturated carbocycles. The van der Waals surface area contributed by atoms with Crippen LogP contribution < -0.4 is 5.73 Å². The van der Waals surface area contributed by atoms with Gasteiger partial charge in [-0.2, -0.15) is 0 Å². The predicted octanol–water partition coefficient (Wildman–Crippen LogP) is 2.25. The summed E-state index contributed by atoms with van der Waals surface area (Å²) in [6, 6.07) is 7.77. The van der Waals surface area contributed by atoms with E-state index in [9.17, 15) is 0 Å². The molecule has 0 bridgehead atoms. The van der Waals surface area contributed by atoms with Crippen LogP contribution in [-0.2, 0) is 0 Å². The van der Waals surface area contributed by atoms with Crippen LogP contribution in [0.3, 0.4) is 0 Å². The van der Waals surface area contributed by atoms with Gasteiger partial charge in [0.2, 0.25) is 0 Å². The third-order valence-electron chi connectivity index (χ3n) is 1.74. The van der Waals surface area contributed by atoms with E-state index in [0.29, 0.717) is 6.42 Å². The highest BCUT2D eigenvalue weighted by Gasteiger charge is 2.03. The average Bonchev–Trinajstić information content (AvgIpc) is 2.06. The van der Waals surface area contributed by atoms with Crippen LogP contribution in [0.15, 0.2) is 28.7 Å². The maximum atomic E-state index is 8.66. The fourth-order valence-electron chi connectivity index (χ4n) is 1.02. The molecular formula is C9H13BrClNO. The van der Waals surface area contributed by atoms with Crippen molar-refractivity contribution in [3.63, 3.8) is 0 Å². The van der Waals surface area contributed by atoms with E-state index in [1.54, 1.807) is 0 Å². The molecule has 13 heavy (non-hydrogen) atoms. The van der Waals surface area contributed by atoms with Crippen molar-refractivity contribution in [2.75, 3.05) is 6.61 Å². The lowest BCUT2D eigenvalue weighted by Crippen LogP contribution is -2.11. The molecule has 0 heterocycles. The largest absolute Gasteiger partial charge is 0.396 e. The van der Waals surface area contributed by atoms with Crippen molar-refractivity contribution >= 4 is 28.3 Å². The van der Waals surface area contributed by atoms with Crippen LogP contribution in [0.1, 0.15) is 18.0 Å². The number of rotatable bonds is 3. The summed E-state index contributed by atoms with van der Waals surface area (Å²) in [5.41, 5.74) is 6.84. The van der Waals surface area contributed by atoms with E-state index < -0.39 is 0 Å². The Balaban J connectivity index is 0.00000144. The minimum absolute atomic E-state index is 0. The van der Waals surface area contributed by atoms with Crippen LogP contribution in [0.5, 0.6) is 0 Å². The van der Waals surface area contributed by atoms with Crippen LogP contribution in [0.2, 0.25) is 0 Å². The van der Waals surface area contributed by atoms with Gasteiger partial charge in [-0.3, -0.25) is 0 Å². The van der Waals surface area contributed by atoms with E-state index in [4.69, 9.17) is 10.8 Å². The molecule has 0 amide bonds. The van der Waals surface area contributed by atoms with Crippen LogP contribution >= 0.6 is 28.3 Å². The standard InChI is InChI=1S/C9H12BrNO.ClH/c10-8-3-1-7(2-4-8)9(11)5-6-12;/h1-4,9,12H,5-6,11H2;1H/t9-;/m0./s1. The number of hydrogen-bond acceptors (Lipinski definition) is 2. The second-order valence-electron chi connectivity index (χ2n) is 2.67. The van der Waals surface area contributed by atoms with Crippen LogP contribution in [-0.4, -0.2) is 11.7 Å². The molecule has 0 radical (unpaired) electrons. The average molecular weight is 267 g/mol. The summed E-state index contributed by atoms with van der Waals surface area (Å²) in [6.45, 7) is 0.136. The van der Waals surface area contributed by atoms with Crippen molar-refractivity contribution in [2.24, 2.45) is 5.73 Å². The molecule has 1 aromatic rings. The summed E-state index contributed by atoms with van der Waals surface area (Å²) >= 11 is 3.34. The molecule has 74 valence electrons. The number of aliphatic hydroxyl groups excluding tert-OH is 1. The first-order valence-corrected chi connectivity index (χ1v) is 4.65. The molecule has 0 aliphatic carbocycles. The Morgan fingerprint density at radius 2 is 1.85 bits per heavy atom. The normalized spacial score (nSPS) is 11.9. The maximum Gasteiger partial charge on any atom is 0.0449 e. The summed E-state index contributed by atoms with van der Waals surface area (Å²) in [6.07, 6.45) is 0.613. The highest BCUT2D eigenvalue weighted by molar-refractivity contribution is 9.10. The minimum Gasteiger partial charge on any atom is -0.396 e. The highest BCUT2D eigenvalue weighted by Crippen LogP contribution is 2.16. The van der Waals surface area contributed by atoms with Crippen molar-refractivity contribution in [1.82, 2.24) is 0 Å². The zero-order valence-corrected chi connectivity index (χ0v) is 9.51. The molecule has 0 aromatic heterocycles. The number of benzene rings is 1. The van der Waals surface area contributed by atoms with Gasteiger partial charge in [0.15, 0.2) is 0 Å². The van der Waals surface area contributed by atoms with Crippen LogP contribution in [0.4, 0.5) is 0 Å². The first-order valence-electron chi connectivity index (χ1n) is 3.86. The lowest BCUT2D eigenvalue weighted by atomic mass is 10.1. The molecule has 4 heteroatoms. The van der Waals surface area contributed by atoms with Gasteiger partial charge >= 0.3 is 0 Å². The summed E-state index contributed by atoms with van der Waals surface area (Å²) in [5, 5.41) is 8.66. The Morgan fingerprint density at radius 1 is 1.31 bits per heavy atom. The molecule has 2 nitrogen and oxygen atoms in total. The molecule has 0 unspecified atom stereocenters. The summed E-state index contributed by atoms with van der Waals surface area (Å²) in [5.74, 6) is 0. The second-order valence-corrected chi connectivity index (χ2v) is 3.59. The van der Waals surface area contributed by atoms with Crippen molar-refractivity contribution in [2.45, 2.75) is 12.5 Å². The molecule has 3 N–H and O–H groups in total. The summed E-state index contributed by atoms with van der Waals surface area (Å²) in [4.78, 5) is 0. The molecule has 1 aromatic carbocycles. The first-order chi connectivity index (χ1) is 5.74. The Kier molecular flexibility index (Phi) is 6.33. The van der Waals surface area contributed by atoms with Crippen LogP contribution in [0, 0.1) is 0 Å². The smallest absolute Gasteiger partial charge is 0.0449 e. The third kappa shape index (κ3) is 4.09. The number of aliphatic hydroxyl groups is 1. The van der Waals surface area contributed by atoms with E-state index >= 15 is 0 Å². The van der Waals surface area contributed by atoms with Gasteiger partial charge in [0.25, 0.3) is 0 Å². The van der Waals surface area contributed by atoms with E-state index in [1.807, 2.05) is 24.3 Å². The molecule has 0 aliphatic heterocycles. The highest BCUT2D eigenvalue weighted by atomic mass is 79.9. The fraction of sp³-hybridized carbons (Fsp3) is 0.333. The fourth-order valence-corrected chi connectivity index (χ4v) is 1.28. The molecule has 1 rings (SSSR count). The minimum atomic E-state index is -0.0527. The molecule has 0 aliphatic rings. The van der Waals surface area contributed by atoms with Crippen molar-refractivity contribution in [3.05, 3.63) is 34.3 Å². The van der Waals surface area contributed by atoms with Gasteiger partial charge in [-0.15, -0.1) is 12.4 Å². The van der Waals surface area contributed by atoms with Gasteiger partial charge in [0.05, 0.1) is 0 Å². The van der Waals surface area contributed by atoms with E-state index in [-0.39, 0.29) is 25.1 Å². The van der Waals surface area contributed by atoms with Gasteiger partial charge < -0.3 is 10.8 Å². The molecular weight excluding hydrogens is 253 g/mol. The lowest BCUT2D eigenvalue weighted by Gasteiger charge is -2.09. The van der Waals surface area contributed by atoms with Gasteiger partial charge in [-0.05, 0) is 24.1 Å². The van der Waals surface area contributed by atoms with Crippen molar-refractivity contribution in [1.29, 1.82) is 0 Å². The predicted molar refractivity (Wildman–Crippen MR) is 60.0 cm³/mol. The van der Waals surface area contributed by atoms with Gasteiger partial charge in [0, 0.05) is 17.1 Å². The number of nitrogens with two attached hydrogens (primary N) is 1. The summed E-state index contributed by atoms with van der Waals surface area (Å²) < 4.78 is 1.04. The van der Waals surface area contributed by atoms with Gasteiger partial charge in [-0.25, -0.2) is 0 Å². The quantitative estimate of drug-likeness (QED) is 0.881. The summed E-state index contributed by atoms with van der Waals surface area (Å²) in [7, 11) is 0. The third-order valence-corrected chi connectivity index (χ3v) is 2.27. The molecule has 0 saturated heterocycles. The number of hydrogen-bond donors (Lipinski definition) is 2. The lowest BCUT2D eigenvalue weighted by molar-refractivity contribution is 0.276. The Bertz CT molecular complexity index is 240. The second kappa shape index (κ2) is 6.38. The Hall–Kier alpha value is -0.0900. The number of halogens is 2. The first kappa shape index (κ1) is 12.9. The van der Waals surface area contributed by atoms with Crippen LogP contribution in [0.25, 0.3) is 0 Å². The Morgan fingerprint density at radius 3 is 2.31 bits per heavy atom. The zero-order valence-electron chi connectivity index (χ0n) is 7.11. The maximum absolute atomic E-state index is 8.66. The van der Waals surface area contributed by atoms with Gasteiger partial charge in [0.1, 0.15) is 0 Å². The van der Waals surface area contributed by atoms with E-state index in [1.165, 1.54) is 0 Å². The van der Waals surface area contributed by atoms with Crippen molar-refractivity contribution < 1.29 is 5.11 Å². The monoisotopic (exact) mass is 265 g/mol. The van der Waals surface area contributed by atoms with E-state index in [2.05, 4.69) is 15.9 Å². The topological polar surface area (TPSA) is 46.2 Å². The Labute approximate surface area is 92.7 Å². The molecule has 0 fully saturated rings. The molecule has 0 spiro atoms. The van der Waals surface area contributed by atoms with Crippen molar-refractivity contribution in [3.8, 4) is 0 Å². The van der Waals surface area contributed by atoms with Gasteiger partial charge in [-0.1, -0.05) is 28.1 Å².